The van der Waals surface area contributed by atoms with Crippen molar-refractivity contribution < 1.29 is 9.90 Å². The van der Waals surface area contributed by atoms with Gasteiger partial charge in [-0.15, -0.1) is 11.3 Å². The van der Waals surface area contributed by atoms with Crippen LogP contribution < -0.4 is 5.32 Å². The summed E-state index contributed by atoms with van der Waals surface area (Å²) < 4.78 is 0. The Hall–Kier alpha value is -1.17. The highest BCUT2D eigenvalue weighted by Gasteiger charge is 2.09. The Morgan fingerprint density at radius 2 is 2.29 bits per heavy atom. The monoisotopic (exact) mass is 267 g/mol. The molecule has 3 nitrogen and oxygen atoms in total. The summed E-state index contributed by atoms with van der Waals surface area (Å²) in [5.74, 6) is -0.0717. The summed E-state index contributed by atoms with van der Waals surface area (Å²) in [7, 11) is 0. The lowest BCUT2D eigenvalue weighted by Gasteiger charge is -2.09. The molecule has 5 heteroatoms. The van der Waals surface area contributed by atoms with Crippen LogP contribution in [0.4, 0.5) is 0 Å². The standard InChI is InChI=1S/C12H13NO2S2/c14-10(9-4-7-16-8-9)3-5-13-12(15)11-2-1-6-17-11/h1-2,4,6-8,10,14H,3,5H2,(H,13,15). The fourth-order valence-corrected chi connectivity index (χ4v) is 2.80. The van der Waals surface area contributed by atoms with Crippen molar-refractivity contribution in [2.45, 2.75) is 12.5 Å². The van der Waals surface area contributed by atoms with E-state index in [2.05, 4.69) is 5.32 Å². The van der Waals surface area contributed by atoms with E-state index >= 15 is 0 Å². The second-order valence-corrected chi connectivity index (χ2v) is 5.32. The average molecular weight is 267 g/mol. The number of thiophene rings is 2. The minimum atomic E-state index is -0.495. The van der Waals surface area contributed by atoms with Gasteiger partial charge in [0.15, 0.2) is 0 Å². The highest BCUT2D eigenvalue weighted by molar-refractivity contribution is 7.12. The highest BCUT2D eigenvalue weighted by atomic mass is 32.1. The van der Waals surface area contributed by atoms with Gasteiger partial charge in [0.2, 0.25) is 0 Å². The first-order valence-electron chi connectivity index (χ1n) is 5.29. The molecule has 1 amide bonds. The van der Waals surface area contributed by atoms with Crippen molar-refractivity contribution in [2.24, 2.45) is 0 Å². The number of hydrogen-bond donors (Lipinski definition) is 2. The zero-order valence-electron chi connectivity index (χ0n) is 9.13. The van der Waals surface area contributed by atoms with E-state index in [4.69, 9.17) is 0 Å². The van der Waals surface area contributed by atoms with Crippen molar-refractivity contribution in [3.05, 3.63) is 44.8 Å². The maximum Gasteiger partial charge on any atom is 0.261 e. The fraction of sp³-hybridized carbons (Fsp3) is 0.250. The summed E-state index contributed by atoms with van der Waals surface area (Å²) in [5, 5.41) is 18.3. The number of carbonyl (C=O) groups excluding carboxylic acids is 1. The Kier molecular flexibility index (Phi) is 4.30. The van der Waals surface area contributed by atoms with Crippen molar-refractivity contribution in [3.8, 4) is 0 Å². The molecule has 0 bridgehead atoms. The number of carbonyl (C=O) groups is 1. The van der Waals surface area contributed by atoms with Crippen LogP contribution in [0.1, 0.15) is 27.8 Å². The van der Waals surface area contributed by atoms with Crippen molar-refractivity contribution >= 4 is 28.6 Å². The number of amides is 1. The van der Waals surface area contributed by atoms with Crippen LogP contribution in [0.25, 0.3) is 0 Å². The van der Waals surface area contributed by atoms with Gasteiger partial charge in [0, 0.05) is 6.54 Å². The van der Waals surface area contributed by atoms with Gasteiger partial charge in [-0.25, -0.2) is 0 Å². The summed E-state index contributed by atoms with van der Waals surface area (Å²) >= 11 is 2.97. The molecule has 2 aromatic heterocycles. The number of aliphatic hydroxyl groups is 1. The smallest absolute Gasteiger partial charge is 0.261 e. The van der Waals surface area contributed by atoms with Gasteiger partial charge in [-0.2, -0.15) is 11.3 Å². The number of rotatable bonds is 5. The molecule has 0 saturated heterocycles. The lowest BCUT2D eigenvalue weighted by atomic mass is 10.1. The number of nitrogens with one attached hydrogen (secondary N) is 1. The van der Waals surface area contributed by atoms with E-state index in [0.29, 0.717) is 17.8 Å². The predicted molar refractivity (Wildman–Crippen MR) is 70.5 cm³/mol. The zero-order valence-corrected chi connectivity index (χ0v) is 10.8. The average Bonchev–Trinajstić information content (AvgIpc) is 3.02. The molecule has 0 aliphatic carbocycles. The first-order chi connectivity index (χ1) is 8.27. The zero-order chi connectivity index (χ0) is 12.1. The van der Waals surface area contributed by atoms with Crippen molar-refractivity contribution in [1.29, 1.82) is 0 Å². The Bertz CT molecular complexity index is 451. The summed E-state index contributed by atoms with van der Waals surface area (Å²) in [6, 6.07) is 5.53. The molecule has 0 spiro atoms. The first kappa shape index (κ1) is 12.3. The number of aliphatic hydroxyl groups excluding tert-OH is 1. The van der Waals surface area contributed by atoms with E-state index in [9.17, 15) is 9.90 Å². The predicted octanol–water partition coefficient (Wildman–Crippen LogP) is 2.66. The van der Waals surface area contributed by atoms with E-state index in [1.165, 1.54) is 11.3 Å². The van der Waals surface area contributed by atoms with Gasteiger partial charge >= 0.3 is 0 Å². The van der Waals surface area contributed by atoms with Crippen molar-refractivity contribution in [3.63, 3.8) is 0 Å². The first-order valence-corrected chi connectivity index (χ1v) is 7.11. The minimum absolute atomic E-state index is 0.0717. The van der Waals surface area contributed by atoms with Gasteiger partial charge in [0.05, 0.1) is 11.0 Å². The van der Waals surface area contributed by atoms with Crippen molar-refractivity contribution in [2.75, 3.05) is 6.54 Å². The Morgan fingerprint density at radius 1 is 1.41 bits per heavy atom. The summed E-state index contributed by atoms with van der Waals surface area (Å²) in [6.07, 6.45) is 0.0401. The second-order valence-electron chi connectivity index (χ2n) is 3.59. The van der Waals surface area contributed by atoms with Crippen LogP contribution in [0.3, 0.4) is 0 Å². The molecular formula is C12H13NO2S2. The number of hydrogen-bond acceptors (Lipinski definition) is 4. The molecule has 0 aliphatic rings. The maximum atomic E-state index is 11.6. The summed E-state index contributed by atoms with van der Waals surface area (Å²) in [4.78, 5) is 12.3. The third-order valence-electron chi connectivity index (χ3n) is 2.38. The van der Waals surface area contributed by atoms with Gasteiger partial charge in [0.25, 0.3) is 5.91 Å². The quantitative estimate of drug-likeness (QED) is 0.875. The maximum absolute atomic E-state index is 11.6. The SMILES string of the molecule is O=C(NCCC(O)c1ccsc1)c1cccs1. The van der Waals surface area contributed by atoms with Gasteiger partial charge in [0.1, 0.15) is 0 Å². The molecule has 0 saturated carbocycles. The molecule has 0 radical (unpaired) electrons. The van der Waals surface area contributed by atoms with Gasteiger partial charge in [-0.05, 0) is 40.3 Å². The Labute approximate surface area is 108 Å². The molecule has 2 N–H and O–H groups in total. The molecule has 17 heavy (non-hydrogen) atoms. The van der Waals surface area contributed by atoms with Crippen LogP contribution in [-0.2, 0) is 0 Å². The second kappa shape index (κ2) is 5.95. The molecule has 90 valence electrons. The van der Waals surface area contributed by atoms with Crippen LogP contribution in [-0.4, -0.2) is 17.6 Å². The molecular weight excluding hydrogens is 254 g/mol. The largest absolute Gasteiger partial charge is 0.388 e. The Morgan fingerprint density at radius 3 is 2.94 bits per heavy atom. The molecule has 2 rings (SSSR count). The summed E-state index contributed by atoms with van der Waals surface area (Å²) in [5.41, 5.74) is 0.917. The molecule has 1 unspecified atom stereocenters. The molecule has 1 atom stereocenters. The van der Waals surface area contributed by atoms with Gasteiger partial charge in [-0.1, -0.05) is 6.07 Å². The minimum Gasteiger partial charge on any atom is -0.388 e. The lowest BCUT2D eigenvalue weighted by molar-refractivity contribution is 0.0947. The van der Waals surface area contributed by atoms with E-state index in [-0.39, 0.29) is 5.91 Å². The molecule has 0 aromatic carbocycles. The molecule has 2 aromatic rings. The topological polar surface area (TPSA) is 49.3 Å². The molecule has 2 heterocycles. The fourth-order valence-electron chi connectivity index (χ4n) is 1.45. The van der Waals surface area contributed by atoms with Crippen molar-refractivity contribution in [1.82, 2.24) is 5.32 Å². The molecule has 0 aliphatic heterocycles. The third kappa shape index (κ3) is 3.39. The van der Waals surface area contributed by atoms with Crippen LogP contribution >= 0.6 is 22.7 Å². The van der Waals surface area contributed by atoms with Gasteiger partial charge in [-0.3, -0.25) is 4.79 Å². The normalized spacial score (nSPS) is 12.3. The van der Waals surface area contributed by atoms with Crippen LogP contribution in [0.2, 0.25) is 0 Å². The lowest BCUT2D eigenvalue weighted by Crippen LogP contribution is -2.24. The van der Waals surface area contributed by atoms with Crippen LogP contribution in [0.15, 0.2) is 34.3 Å². The Balaban J connectivity index is 1.75. The van der Waals surface area contributed by atoms with E-state index in [0.717, 1.165) is 5.56 Å². The van der Waals surface area contributed by atoms with Gasteiger partial charge < -0.3 is 10.4 Å². The third-order valence-corrected chi connectivity index (χ3v) is 3.95. The molecule has 0 fully saturated rings. The van der Waals surface area contributed by atoms with Crippen LogP contribution in [0, 0.1) is 0 Å². The summed E-state index contributed by atoms with van der Waals surface area (Å²) in [6.45, 7) is 0.480. The van der Waals surface area contributed by atoms with E-state index in [1.807, 2.05) is 28.3 Å². The van der Waals surface area contributed by atoms with Crippen LogP contribution in [0.5, 0.6) is 0 Å². The van der Waals surface area contributed by atoms with E-state index < -0.39 is 6.10 Å². The highest BCUT2D eigenvalue weighted by Crippen LogP contribution is 2.18. The van der Waals surface area contributed by atoms with E-state index in [1.54, 1.807) is 17.4 Å².